The zero-order valence-corrected chi connectivity index (χ0v) is 12.6. The van der Waals surface area contributed by atoms with Crippen LogP contribution in [0.25, 0.3) is 0 Å². The number of piperidine rings is 1. The van der Waals surface area contributed by atoms with E-state index in [-0.39, 0.29) is 17.8 Å². The number of halogens is 2. The van der Waals surface area contributed by atoms with Crippen molar-refractivity contribution in [2.24, 2.45) is 5.92 Å². The molecule has 0 aromatic carbocycles. The molecular formula is C12H13Cl2NO3S. The number of amides is 1. The summed E-state index contributed by atoms with van der Waals surface area (Å²) in [4.78, 5) is 25.5. The van der Waals surface area contributed by atoms with Crippen LogP contribution in [0.2, 0.25) is 8.67 Å². The molecule has 1 saturated heterocycles. The molecule has 0 radical (unpaired) electrons. The van der Waals surface area contributed by atoms with E-state index in [0.717, 1.165) is 24.2 Å². The van der Waals surface area contributed by atoms with Crippen LogP contribution in [-0.2, 0) is 9.53 Å². The molecule has 4 nitrogen and oxygen atoms in total. The lowest BCUT2D eigenvalue weighted by Gasteiger charge is -2.31. The van der Waals surface area contributed by atoms with Crippen LogP contribution < -0.4 is 0 Å². The van der Waals surface area contributed by atoms with Crippen molar-refractivity contribution in [3.8, 4) is 0 Å². The Hall–Kier alpha value is -0.780. The second-order valence-corrected chi connectivity index (χ2v) is 6.64. The van der Waals surface area contributed by atoms with Crippen LogP contribution in [0.15, 0.2) is 6.07 Å². The van der Waals surface area contributed by atoms with Gasteiger partial charge in [0.2, 0.25) is 0 Å². The first kappa shape index (κ1) is 14.6. The van der Waals surface area contributed by atoms with Gasteiger partial charge in [-0.1, -0.05) is 23.2 Å². The summed E-state index contributed by atoms with van der Waals surface area (Å²) in [5, 5.41) is 0. The third-order valence-corrected chi connectivity index (χ3v) is 4.62. The molecule has 1 amide bonds. The lowest BCUT2D eigenvalue weighted by atomic mass is 9.98. The lowest BCUT2D eigenvalue weighted by molar-refractivity contribution is -0.146. The fourth-order valence-electron chi connectivity index (χ4n) is 2.18. The normalized spacial score (nSPS) is 19.3. The molecule has 1 aromatic heterocycles. The fourth-order valence-corrected chi connectivity index (χ4v) is 3.63. The molecule has 0 saturated carbocycles. The number of ether oxygens (including phenoxy) is 1. The van der Waals surface area contributed by atoms with Gasteiger partial charge in [0, 0.05) is 13.1 Å². The van der Waals surface area contributed by atoms with Crippen molar-refractivity contribution in [3.63, 3.8) is 0 Å². The van der Waals surface area contributed by atoms with Gasteiger partial charge < -0.3 is 9.64 Å². The van der Waals surface area contributed by atoms with Crippen LogP contribution in [0, 0.1) is 5.92 Å². The summed E-state index contributed by atoms with van der Waals surface area (Å²) in [6.07, 6.45) is 1.52. The van der Waals surface area contributed by atoms with Crippen LogP contribution in [0.3, 0.4) is 0 Å². The predicted octanol–water partition coefficient (Wildman–Crippen LogP) is 3.08. The Labute approximate surface area is 125 Å². The lowest BCUT2D eigenvalue weighted by Crippen LogP contribution is -2.42. The molecule has 19 heavy (non-hydrogen) atoms. The molecule has 1 aromatic rings. The first-order valence-electron chi connectivity index (χ1n) is 5.85. The average molecular weight is 322 g/mol. The summed E-state index contributed by atoms with van der Waals surface area (Å²) in [6.45, 7) is 0.991. The van der Waals surface area contributed by atoms with Crippen molar-refractivity contribution in [3.05, 3.63) is 20.3 Å². The minimum absolute atomic E-state index is 0.179. The molecular weight excluding hydrogens is 309 g/mol. The molecule has 1 aliphatic rings. The first-order chi connectivity index (χ1) is 9.02. The van der Waals surface area contributed by atoms with Gasteiger partial charge in [-0.2, -0.15) is 0 Å². The highest BCUT2D eigenvalue weighted by molar-refractivity contribution is 7.20. The van der Waals surface area contributed by atoms with Crippen molar-refractivity contribution < 1.29 is 14.3 Å². The standard InChI is InChI=1S/C12H13Cl2NO3S/c1-18-12(17)7-3-2-4-15(6-7)11(16)8-5-9(13)19-10(8)14/h5,7H,2-4,6H2,1H3/t7-/m0/s1. The van der Waals surface area contributed by atoms with Gasteiger partial charge >= 0.3 is 5.97 Å². The second kappa shape index (κ2) is 6.11. The molecule has 1 aliphatic heterocycles. The van der Waals surface area contributed by atoms with E-state index in [1.165, 1.54) is 7.11 Å². The molecule has 0 aliphatic carbocycles. The number of carbonyl (C=O) groups excluding carboxylic acids is 2. The summed E-state index contributed by atoms with van der Waals surface area (Å²) in [5.41, 5.74) is 0.405. The van der Waals surface area contributed by atoms with Crippen molar-refractivity contribution in [1.29, 1.82) is 0 Å². The van der Waals surface area contributed by atoms with E-state index in [9.17, 15) is 9.59 Å². The highest BCUT2D eigenvalue weighted by atomic mass is 35.5. The Morgan fingerprint density at radius 2 is 2.21 bits per heavy atom. The summed E-state index contributed by atoms with van der Waals surface area (Å²) in [7, 11) is 1.36. The van der Waals surface area contributed by atoms with E-state index in [0.29, 0.717) is 27.3 Å². The van der Waals surface area contributed by atoms with Crippen LogP contribution in [0.5, 0.6) is 0 Å². The molecule has 1 fully saturated rings. The van der Waals surface area contributed by atoms with E-state index in [1.54, 1.807) is 11.0 Å². The quantitative estimate of drug-likeness (QED) is 0.786. The summed E-state index contributed by atoms with van der Waals surface area (Å²) in [5.74, 6) is -0.704. The number of methoxy groups -OCH3 is 1. The molecule has 0 unspecified atom stereocenters. The Morgan fingerprint density at radius 1 is 1.47 bits per heavy atom. The minimum atomic E-state index is -0.271. The third kappa shape index (κ3) is 3.22. The summed E-state index contributed by atoms with van der Waals surface area (Å²) < 4.78 is 5.60. The Balaban J connectivity index is 2.11. The van der Waals surface area contributed by atoms with Gasteiger partial charge in [0.05, 0.1) is 22.9 Å². The zero-order chi connectivity index (χ0) is 14.0. The van der Waals surface area contributed by atoms with Gasteiger partial charge in [-0.15, -0.1) is 11.3 Å². The topological polar surface area (TPSA) is 46.6 Å². The summed E-state index contributed by atoms with van der Waals surface area (Å²) >= 11 is 13.0. The molecule has 1 atom stereocenters. The number of hydrogen-bond donors (Lipinski definition) is 0. The maximum absolute atomic E-state index is 12.3. The number of carbonyl (C=O) groups is 2. The van der Waals surface area contributed by atoms with E-state index in [1.807, 2.05) is 0 Å². The SMILES string of the molecule is COC(=O)[C@H]1CCCN(C(=O)c2cc(Cl)sc2Cl)C1. The number of thiophene rings is 1. The van der Waals surface area contributed by atoms with E-state index in [4.69, 9.17) is 27.9 Å². The predicted molar refractivity (Wildman–Crippen MR) is 75.0 cm³/mol. The smallest absolute Gasteiger partial charge is 0.310 e. The maximum Gasteiger partial charge on any atom is 0.310 e. The van der Waals surface area contributed by atoms with Gasteiger partial charge in [0.1, 0.15) is 4.34 Å². The van der Waals surface area contributed by atoms with Crippen molar-refractivity contribution in [1.82, 2.24) is 4.90 Å². The monoisotopic (exact) mass is 321 g/mol. The minimum Gasteiger partial charge on any atom is -0.469 e. The van der Waals surface area contributed by atoms with E-state index < -0.39 is 0 Å². The average Bonchev–Trinajstić information content (AvgIpc) is 2.76. The number of rotatable bonds is 2. The Morgan fingerprint density at radius 3 is 2.79 bits per heavy atom. The van der Waals surface area contributed by atoms with Gasteiger partial charge in [-0.25, -0.2) is 0 Å². The zero-order valence-electron chi connectivity index (χ0n) is 10.3. The number of nitrogens with zero attached hydrogens (tertiary/aromatic N) is 1. The maximum atomic E-state index is 12.3. The van der Waals surface area contributed by atoms with Gasteiger partial charge in [-0.05, 0) is 18.9 Å². The summed E-state index contributed by atoms with van der Waals surface area (Å²) in [6, 6.07) is 1.57. The van der Waals surface area contributed by atoms with E-state index in [2.05, 4.69) is 0 Å². The molecule has 104 valence electrons. The Kier molecular flexibility index (Phi) is 4.71. The van der Waals surface area contributed by atoms with Crippen LogP contribution in [-0.4, -0.2) is 37.0 Å². The molecule has 2 heterocycles. The molecule has 0 bridgehead atoms. The Bertz CT molecular complexity index is 503. The first-order valence-corrected chi connectivity index (χ1v) is 7.42. The van der Waals surface area contributed by atoms with Crippen molar-refractivity contribution in [2.45, 2.75) is 12.8 Å². The molecule has 0 N–H and O–H groups in total. The highest BCUT2D eigenvalue weighted by Gasteiger charge is 2.30. The molecule has 7 heteroatoms. The number of likely N-dealkylation sites (tertiary alicyclic amines) is 1. The van der Waals surface area contributed by atoms with Crippen LogP contribution in [0.4, 0.5) is 0 Å². The fraction of sp³-hybridized carbons (Fsp3) is 0.500. The highest BCUT2D eigenvalue weighted by Crippen LogP contribution is 2.32. The molecule has 0 spiro atoms. The van der Waals surface area contributed by atoms with Gasteiger partial charge in [0.15, 0.2) is 0 Å². The largest absolute Gasteiger partial charge is 0.469 e. The van der Waals surface area contributed by atoms with Crippen molar-refractivity contribution >= 4 is 46.4 Å². The number of esters is 1. The number of hydrogen-bond acceptors (Lipinski definition) is 4. The van der Waals surface area contributed by atoms with Gasteiger partial charge in [-0.3, -0.25) is 9.59 Å². The second-order valence-electron chi connectivity index (χ2n) is 4.35. The third-order valence-electron chi connectivity index (χ3n) is 3.13. The van der Waals surface area contributed by atoms with Crippen LogP contribution >= 0.6 is 34.5 Å². The molecule has 2 rings (SSSR count). The van der Waals surface area contributed by atoms with Crippen molar-refractivity contribution in [2.75, 3.05) is 20.2 Å². The van der Waals surface area contributed by atoms with Gasteiger partial charge in [0.25, 0.3) is 5.91 Å². The van der Waals surface area contributed by atoms with Crippen LogP contribution in [0.1, 0.15) is 23.2 Å². The van der Waals surface area contributed by atoms with E-state index >= 15 is 0 Å².